The molecule has 0 unspecified atom stereocenters. The van der Waals surface area contributed by atoms with Crippen LogP contribution in [0.5, 0.6) is 0 Å². The molecule has 0 bridgehead atoms. The summed E-state index contributed by atoms with van der Waals surface area (Å²) in [6.45, 7) is 6.57. The third-order valence-electron chi connectivity index (χ3n) is 11.4. The molecule has 9 N–H and O–H groups in total. The first-order valence-corrected chi connectivity index (χ1v) is 21.6. The van der Waals surface area contributed by atoms with Gasteiger partial charge < -0.3 is 47.2 Å². The van der Waals surface area contributed by atoms with Gasteiger partial charge in [-0.25, -0.2) is 0 Å². The van der Waals surface area contributed by atoms with Gasteiger partial charge in [-0.2, -0.15) is 22.0 Å². The van der Waals surface area contributed by atoms with Crippen molar-refractivity contribution < 1.29 is 85.2 Å². The van der Waals surface area contributed by atoms with E-state index in [1.165, 1.54) is 0 Å². The van der Waals surface area contributed by atoms with Crippen molar-refractivity contribution in [2.24, 2.45) is 17.8 Å². The highest BCUT2D eigenvalue weighted by Gasteiger charge is 2.71. The van der Waals surface area contributed by atoms with Crippen molar-refractivity contribution in [3.63, 3.8) is 0 Å². The quantitative estimate of drug-likeness (QED) is 0.0510. The van der Waals surface area contributed by atoms with E-state index >= 15 is 0 Å². The van der Waals surface area contributed by atoms with Crippen molar-refractivity contribution in [1.82, 2.24) is 31.9 Å². The average Bonchev–Trinajstić information content (AvgIpc) is 4.00. The lowest BCUT2D eigenvalue weighted by Gasteiger charge is -2.32. The minimum Gasteiger partial charge on any atom is -0.481 e. The van der Waals surface area contributed by atoms with Crippen LogP contribution in [0.15, 0.2) is 0 Å². The molecule has 0 saturated heterocycles. The zero-order valence-corrected chi connectivity index (χ0v) is 36.7. The molecule has 0 aromatic carbocycles. The predicted molar refractivity (Wildman–Crippen MR) is 216 cm³/mol. The molecule has 6 amide bonds. The number of carboxylic acid groups (broad SMARTS) is 3. The lowest BCUT2D eigenvalue weighted by Crippen LogP contribution is -2.62. The molecule has 2 saturated carbocycles. The van der Waals surface area contributed by atoms with E-state index in [4.69, 9.17) is 5.11 Å². The predicted octanol–water partition coefficient (Wildman–Crippen LogP) is 2.48. The van der Waals surface area contributed by atoms with Crippen molar-refractivity contribution in [3.05, 3.63) is 0 Å². The molecule has 0 aromatic heterocycles. The molecule has 0 spiro atoms. The summed E-state index contributed by atoms with van der Waals surface area (Å²) in [7, 11) is 0. The summed E-state index contributed by atoms with van der Waals surface area (Å²) in [5.74, 6) is -19.8. The van der Waals surface area contributed by atoms with Crippen LogP contribution in [0.1, 0.15) is 130 Å². The Bertz CT molecular complexity index is 1750. The van der Waals surface area contributed by atoms with Crippen molar-refractivity contribution in [1.29, 1.82) is 0 Å². The van der Waals surface area contributed by atoms with Crippen molar-refractivity contribution in [2.45, 2.75) is 178 Å². The second kappa shape index (κ2) is 24.7. The van der Waals surface area contributed by atoms with Gasteiger partial charge in [0, 0.05) is 19.3 Å². The fraction of sp³-hybridized carbons (Fsp3) is 0.756. The minimum atomic E-state index is -6.22. The molecule has 2 fully saturated rings. The first-order valence-electron chi connectivity index (χ1n) is 21.6. The number of halogens is 5. The van der Waals surface area contributed by atoms with E-state index in [1.54, 1.807) is 27.7 Å². The molecule has 6 atom stereocenters. The van der Waals surface area contributed by atoms with Gasteiger partial charge in [0.15, 0.2) is 0 Å². The van der Waals surface area contributed by atoms with E-state index in [1.807, 2.05) is 0 Å². The number of amides is 6. The largest absolute Gasteiger partial charge is 0.481 e. The van der Waals surface area contributed by atoms with Crippen LogP contribution in [0.3, 0.4) is 0 Å². The number of carboxylic acids is 3. The third-order valence-corrected chi connectivity index (χ3v) is 11.4. The Morgan fingerprint density at radius 2 is 1.08 bits per heavy atom. The fourth-order valence-corrected chi connectivity index (χ4v) is 7.30. The Hall–Kier alpha value is -5.45. The molecule has 2 aliphatic rings. The summed E-state index contributed by atoms with van der Waals surface area (Å²) in [4.78, 5) is 128. The number of hydrogen-bond donors (Lipinski definition) is 9. The number of alkyl halides is 5. The molecule has 24 heteroatoms. The molecule has 0 radical (unpaired) electrons. The Kier molecular flexibility index (Phi) is 21.2. The van der Waals surface area contributed by atoms with Gasteiger partial charge in [0.25, 0.3) is 0 Å². The van der Waals surface area contributed by atoms with Crippen LogP contribution in [0.4, 0.5) is 22.0 Å². The van der Waals surface area contributed by atoms with Gasteiger partial charge in [-0.15, -0.1) is 0 Å². The summed E-state index contributed by atoms with van der Waals surface area (Å²) in [5, 5.41) is 41.5. The number of rotatable bonds is 28. The fourth-order valence-electron chi connectivity index (χ4n) is 7.30. The minimum absolute atomic E-state index is 0.0721. The molecule has 2 rings (SSSR count). The third kappa shape index (κ3) is 17.8. The number of aliphatic carboxylic acids is 3. The van der Waals surface area contributed by atoms with Crippen molar-refractivity contribution in [3.8, 4) is 0 Å². The SMILES string of the molecule is CC[C@H](C)[C@H](NC(=O)[C@H](CC(C)C)NC(=O)[C@@H](CCC(=O)O)NC(=O)[C@H](CCC(=O)O)NC(=O)CCC(=O)O)C(=O)N[C@@H](CC1CCCCC1)C(=O)NC1(C(=O)C(F)(F)C(F)(F)F)CC1. The molecule has 19 nitrogen and oxygen atoms in total. The van der Waals surface area contributed by atoms with Crippen LogP contribution in [0.25, 0.3) is 0 Å². The smallest absolute Gasteiger partial charge is 0.461 e. The molecule has 65 heavy (non-hydrogen) atoms. The second-order valence-electron chi connectivity index (χ2n) is 17.3. The highest BCUT2D eigenvalue weighted by Crippen LogP contribution is 2.46. The lowest BCUT2D eigenvalue weighted by atomic mass is 9.84. The first kappa shape index (κ1) is 55.7. The summed E-state index contributed by atoms with van der Waals surface area (Å²) < 4.78 is 67.8. The number of hydrogen-bond acceptors (Lipinski definition) is 10. The summed E-state index contributed by atoms with van der Waals surface area (Å²) in [6, 6.07) is -7.77. The summed E-state index contributed by atoms with van der Waals surface area (Å²) in [6.07, 6.45) is -7.17. The Labute approximate surface area is 371 Å². The van der Waals surface area contributed by atoms with Gasteiger partial charge in [-0.3, -0.25) is 47.9 Å². The number of Topliss-reactive ketones (excluding diaryl/α,β-unsaturated/α-hetero) is 1. The number of ketones is 1. The molecular weight excluding hydrogens is 879 g/mol. The highest BCUT2D eigenvalue weighted by molar-refractivity contribution is 6.02. The highest BCUT2D eigenvalue weighted by atomic mass is 19.4. The van der Waals surface area contributed by atoms with Crippen molar-refractivity contribution in [2.75, 3.05) is 0 Å². The van der Waals surface area contributed by atoms with Gasteiger partial charge >= 0.3 is 30.0 Å². The molecule has 0 aromatic rings. The van der Waals surface area contributed by atoms with Crippen molar-refractivity contribution >= 4 is 59.1 Å². The van der Waals surface area contributed by atoms with Crippen LogP contribution >= 0.6 is 0 Å². The number of nitrogens with one attached hydrogen (secondary N) is 6. The topological polar surface area (TPSA) is 304 Å². The second-order valence-corrected chi connectivity index (χ2v) is 17.3. The van der Waals surface area contributed by atoms with Gasteiger partial charge in [-0.05, 0) is 56.3 Å². The van der Waals surface area contributed by atoms with E-state index in [0.29, 0.717) is 12.8 Å². The molecular formula is C41H61F5N6O13. The normalized spacial score (nSPS) is 17.8. The van der Waals surface area contributed by atoms with Crippen LogP contribution in [0, 0.1) is 17.8 Å². The monoisotopic (exact) mass is 940 g/mol. The van der Waals surface area contributed by atoms with Crippen LogP contribution in [-0.2, 0) is 47.9 Å². The molecule has 368 valence electrons. The summed E-state index contributed by atoms with van der Waals surface area (Å²) in [5.41, 5.74) is -2.52. The lowest BCUT2D eigenvalue weighted by molar-refractivity contribution is -0.270. The molecule has 0 heterocycles. The zero-order valence-electron chi connectivity index (χ0n) is 36.7. The van der Waals surface area contributed by atoms with Crippen LogP contribution in [-0.4, -0.2) is 122 Å². The molecule has 0 aliphatic heterocycles. The van der Waals surface area contributed by atoms with Gasteiger partial charge in [0.05, 0.1) is 6.42 Å². The maximum Gasteiger partial charge on any atom is 0.461 e. The van der Waals surface area contributed by atoms with E-state index in [-0.39, 0.29) is 31.1 Å². The van der Waals surface area contributed by atoms with E-state index in [0.717, 1.165) is 19.3 Å². The Balaban J connectivity index is 2.39. The zero-order chi connectivity index (χ0) is 49.4. The maximum absolute atomic E-state index is 14.2. The van der Waals surface area contributed by atoms with E-state index in [9.17, 15) is 80.1 Å². The van der Waals surface area contributed by atoms with Gasteiger partial charge in [-0.1, -0.05) is 66.2 Å². The number of carbonyl (C=O) groups excluding carboxylic acids is 7. The van der Waals surface area contributed by atoms with E-state index in [2.05, 4.69) is 31.9 Å². The van der Waals surface area contributed by atoms with Gasteiger partial charge in [0.1, 0.15) is 35.7 Å². The summed E-state index contributed by atoms with van der Waals surface area (Å²) >= 11 is 0. The average molecular weight is 941 g/mol. The first-order chi connectivity index (χ1) is 30.1. The Morgan fingerprint density at radius 1 is 0.600 bits per heavy atom. The maximum atomic E-state index is 14.2. The van der Waals surface area contributed by atoms with Crippen LogP contribution < -0.4 is 31.9 Å². The number of carbonyl (C=O) groups is 10. The standard InChI is InChI=1S/C41H61F5N6O13/c1-5-22(4)32(37(64)50-27(20-23-9-7-6-8-10-23)36(63)52-39(17-18-39)38(65)40(42,43)41(44,45)46)51-35(62)26(19-21(2)3)49-34(61)25(12-15-30(56)57)48-33(60)24(11-14-29(54)55)47-28(53)13-16-31(58)59/h21-27,32H,5-20H2,1-4H3,(H,47,53)(H,48,60)(H,49,61)(H,50,64)(H,51,62)(H,52,63)(H,54,55)(H,56,57)(H,58,59)/t22-,24-,25+,26-,27-,32-/m0/s1. The Morgan fingerprint density at radius 3 is 1.54 bits per heavy atom. The van der Waals surface area contributed by atoms with Crippen LogP contribution in [0.2, 0.25) is 0 Å². The van der Waals surface area contributed by atoms with Gasteiger partial charge in [0.2, 0.25) is 41.2 Å². The molecule has 2 aliphatic carbocycles. The van der Waals surface area contributed by atoms with E-state index < -0.39 is 164 Å².